The van der Waals surface area contributed by atoms with E-state index in [0.29, 0.717) is 6.54 Å². The van der Waals surface area contributed by atoms with Gasteiger partial charge in [-0.1, -0.05) is 0 Å². The molecule has 0 aromatic carbocycles. The van der Waals surface area contributed by atoms with E-state index in [9.17, 15) is 5.11 Å². The number of likely N-dealkylation sites (N-methyl/N-ethyl adjacent to an activating group) is 1. The molecule has 4 heteroatoms. The highest BCUT2D eigenvalue weighted by Gasteiger charge is 2.16. The molecular weight excluding hydrogens is 190 g/mol. The third kappa shape index (κ3) is 4.01. The molecule has 0 saturated carbocycles. The second-order valence-electron chi connectivity index (χ2n) is 4.90. The molecule has 1 aromatic rings. The second kappa shape index (κ2) is 4.33. The normalized spacial score (nSPS) is 12.5. The second-order valence-corrected chi connectivity index (χ2v) is 4.90. The fourth-order valence-corrected chi connectivity index (χ4v) is 1.81. The van der Waals surface area contributed by atoms with Crippen molar-refractivity contribution >= 4 is 0 Å². The summed E-state index contributed by atoms with van der Waals surface area (Å²) in [6, 6.07) is 0. The first-order chi connectivity index (χ1) is 6.78. The molecule has 0 aliphatic carbocycles. The van der Waals surface area contributed by atoms with Crippen LogP contribution in [0.4, 0.5) is 0 Å². The van der Waals surface area contributed by atoms with E-state index >= 15 is 0 Å². The molecule has 15 heavy (non-hydrogen) atoms. The molecule has 0 saturated heterocycles. The van der Waals surface area contributed by atoms with Crippen LogP contribution in [0.3, 0.4) is 0 Å². The van der Waals surface area contributed by atoms with E-state index in [1.165, 1.54) is 5.56 Å². The van der Waals surface area contributed by atoms with Crippen molar-refractivity contribution in [2.75, 3.05) is 13.6 Å². The molecule has 0 unspecified atom stereocenters. The molecule has 0 aliphatic rings. The Hall–Kier alpha value is -0.870. The first kappa shape index (κ1) is 12.2. The summed E-state index contributed by atoms with van der Waals surface area (Å²) in [5, 5.41) is 14.0. The maximum Gasteiger partial charge on any atom is 0.0718 e. The minimum Gasteiger partial charge on any atom is -0.389 e. The van der Waals surface area contributed by atoms with Gasteiger partial charge in [-0.2, -0.15) is 5.10 Å². The van der Waals surface area contributed by atoms with Crippen LogP contribution >= 0.6 is 0 Å². The average molecular weight is 211 g/mol. The minimum atomic E-state index is -0.648. The van der Waals surface area contributed by atoms with E-state index in [1.807, 2.05) is 45.7 Å². The van der Waals surface area contributed by atoms with Crippen LogP contribution in [0.25, 0.3) is 0 Å². The molecule has 86 valence electrons. The van der Waals surface area contributed by atoms with Crippen molar-refractivity contribution < 1.29 is 5.11 Å². The molecule has 0 spiro atoms. The summed E-state index contributed by atoms with van der Waals surface area (Å²) < 4.78 is 1.82. The van der Waals surface area contributed by atoms with Crippen LogP contribution in [0.5, 0.6) is 0 Å². The van der Waals surface area contributed by atoms with E-state index in [4.69, 9.17) is 0 Å². The molecule has 1 rings (SSSR count). The summed E-state index contributed by atoms with van der Waals surface area (Å²) in [6.07, 6.45) is 2.02. The number of aromatic nitrogens is 2. The summed E-state index contributed by atoms with van der Waals surface area (Å²) in [5.74, 6) is 0. The summed E-state index contributed by atoms with van der Waals surface area (Å²) >= 11 is 0. The smallest absolute Gasteiger partial charge is 0.0718 e. The predicted octanol–water partition coefficient (Wildman–Crippen LogP) is 0.931. The fourth-order valence-electron chi connectivity index (χ4n) is 1.81. The third-order valence-corrected chi connectivity index (χ3v) is 2.21. The number of hydrogen-bond donors (Lipinski definition) is 1. The van der Waals surface area contributed by atoms with E-state index in [-0.39, 0.29) is 0 Å². The zero-order valence-electron chi connectivity index (χ0n) is 10.3. The van der Waals surface area contributed by atoms with Gasteiger partial charge in [0.25, 0.3) is 0 Å². The minimum absolute atomic E-state index is 0.648. The van der Waals surface area contributed by atoms with Crippen LogP contribution < -0.4 is 0 Å². The Morgan fingerprint density at radius 3 is 2.53 bits per heavy atom. The van der Waals surface area contributed by atoms with Crippen molar-refractivity contribution in [3.05, 3.63) is 17.5 Å². The fraction of sp³-hybridized carbons (Fsp3) is 0.727. The zero-order valence-corrected chi connectivity index (χ0v) is 10.3. The summed E-state index contributed by atoms with van der Waals surface area (Å²) in [7, 11) is 3.93. The molecule has 0 fully saturated rings. The number of aliphatic hydroxyl groups is 1. The highest BCUT2D eigenvalue weighted by molar-refractivity contribution is 5.14. The van der Waals surface area contributed by atoms with Crippen LogP contribution in [0, 0.1) is 6.92 Å². The van der Waals surface area contributed by atoms with Gasteiger partial charge in [0.2, 0.25) is 0 Å². The van der Waals surface area contributed by atoms with Gasteiger partial charge in [-0.05, 0) is 27.8 Å². The standard InChI is InChI=1S/C11H21N3O/c1-9-10(7-14(5)12-9)6-13(4)8-11(2,3)15/h7,15H,6,8H2,1-5H3. The maximum absolute atomic E-state index is 9.68. The lowest BCUT2D eigenvalue weighted by Crippen LogP contribution is -2.35. The van der Waals surface area contributed by atoms with Crippen molar-refractivity contribution in [2.45, 2.75) is 32.9 Å². The molecular formula is C11H21N3O. The Morgan fingerprint density at radius 1 is 1.53 bits per heavy atom. The number of aryl methyl sites for hydroxylation is 2. The Morgan fingerprint density at radius 2 is 2.13 bits per heavy atom. The molecule has 0 bridgehead atoms. The SMILES string of the molecule is Cc1nn(C)cc1CN(C)CC(C)(C)O. The van der Waals surface area contributed by atoms with Crippen molar-refractivity contribution in [1.29, 1.82) is 0 Å². The Balaban J connectivity index is 2.58. The first-order valence-electron chi connectivity index (χ1n) is 5.18. The molecule has 1 aromatic heterocycles. The van der Waals surface area contributed by atoms with Gasteiger partial charge < -0.3 is 5.11 Å². The van der Waals surface area contributed by atoms with Gasteiger partial charge in [-0.3, -0.25) is 9.58 Å². The van der Waals surface area contributed by atoms with Crippen LogP contribution in [-0.4, -0.2) is 39.0 Å². The highest BCUT2D eigenvalue weighted by Crippen LogP contribution is 2.10. The number of nitrogens with zero attached hydrogens (tertiary/aromatic N) is 3. The highest BCUT2D eigenvalue weighted by atomic mass is 16.3. The van der Waals surface area contributed by atoms with Gasteiger partial charge in [0.1, 0.15) is 0 Å². The quantitative estimate of drug-likeness (QED) is 0.805. The van der Waals surface area contributed by atoms with Crippen molar-refractivity contribution in [3.8, 4) is 0 Å². The van der Waals surface area contributed by atoms with E-state index in [2.05, 4.69) is 10.00 Å². The first-order valence-corrected chi connectivity index (χ1v) is 5.18. The molecule has 1 heterocycles. The van der Waals surface area contributed by atoms with Gasteiger partial charge >= 0.3 is 0 Å². The Bertz CT molecular complexity index is 325. The van der Waals surface area contributed by atoms with Crippen LogP contribution in [-0.2, 0) is 13.6 Å². The van der Waals surface area contributed by atoms with Gasteiger partial charge in [-0.25, -0.2) is 0 Å². The van der Waals surface area contributed by atoms with Crippen LogP contribution in [0.15, 0.2) is 6.20 Å². The zero-order chi connectivity index (χ0) is 11.6. The van der Waals surface area contributed by atoms with E-state index in [1.54, 1.807) is 0 Å². The van der Waals surface area contributed by atoms with Crippen molar-refractivity contribution in [3.63, 3.8) is 0 Å². The van der Waals surface area contributed by atoms with Crippen LogP contribution in [0.1, 0.15) is 25.1 Å². The Kier molecular flexibility index (Phi) is 3.52. The maximum atomic E-state index is 9.68. The average Bonchev–Trinajstić information content (AvgIpc) is 2.25. The Labute approximate surface area is 91.5 Å². The van der Waals surface area contributed by atoms with Crippen LogP contribution in [0.2, 0.25) is 0 Å². The van der Waals surface area contributed by atoms with Gasteiger partial charge in [0, 0.05) is 31.9 Å². The van der Waals surface area contributed by atoms with Gasteiger partial charge in [-0.15, -0.1) is 0 Å². The third-order valence-electron chi connectivity index (χ3n) is 2.21. The van der Waals surface area contributed by atoms with Crippen molar-refractivity contribution in [2.24, 2.45) is 7.05 Å². The molecule has 1 N–H and O–H groups in total. The lowest BCUT2D eigenvalue weighted by molar-refractivity contribution is 0.0424. The molecule has 0 atom stereocenters. The summed E-state index contributed by atoms with van der Waals surface area (Å²) in [5.41, 5.74) is 1.62. The summed E-state index contributed by atoms with van der Waals surface area (Å²) in [6.45, 7) is 7.12. The number of rotatable bonds is 4. The monoisotopic (exact) mass is 211 g/mol. The van der Waals surface area contributed by atoms with Gasteiger partial charge in [0.15, 0.2) is 0 Å². The predicted molar refractivity (Wildman–Crippen MR) is 60.6 cm³/mol. The van der Waals surface area contributed by atoms with E-state index < -0.39 is 5.60 Å². The molecule has 0 radical (unpaired) electrons. The largest absolute Gasteiger partial charge is 0.389 e. The van der Waals surface area contributed by atoms with Gasteiger partial charge in [0.05, 0.1) is 11.3 Å². The summed E-state index contributed by atoms with van der Waals surface area (Å²) in [4.78, 5) is 2.10. The molecule has 4 nitrogen and oxygen atoms in total. The molecule has 0 aliphatic heterocycles. The topological polar surface area (TPSA) is 41.3 Å². The lowest BCUT2D eigenvalue weighted by atomic mass is 10.1. The lowest BCUT2D eigenvalue weighted by Gasteiger charge is -2.25. The molecule has 0 amide bonds. The number of hydrogen-bond acceptors (Lipinski definition) is 3. The van der Waals surface area contributed by atoms with E-state index in [0.717, 1.165) is 12.2 Å². The van der Waals surface area contributed by atoms with Crippen molar-refractivity contribution in [1.82, 2.24) is 14.7 Å².